The third-order valence-corrected chi connectivity index (χ3v) is 3.97. The van der Waals surface area contributed by atoms with Crippen molar-refractivity contribution in [3.63, 3.8) is 0 Å². The van der Waals surface area contributed by atoms with Gasteiger partial charge in [0.25, 0.3) is 5.91 Å². The van der Waals surface area contributed by atoms with Gasteiger partial charge in [0.05, 0.1) is 44.8 Å². The first-order valence-electron chi connectivity index (χ1n) is 8.13. The molecule has 3 rings (SSSR count). The molecule has 0 radical (unpaired) electrons. The fourth-order valence-electron chi connectivity index (χ4n) is 2.64. The zero-order valence-electron chi connectivity index (χ0n) is 14.6. The van der Waals surface area contributed by atoms with Crippen LogP contribution in [0.4, 0.5) is 0 Å². The average Bonchev–Trinajstić information content (AvgIpc) is 3.20. The van der Waals surface area contributed by atoms with Gasteiger partial charge in [0.1, 0.15) is 11.5 Å². The SMILES string of the molecule is COc1ccc(C(=O)NC(Cn2nccn2)c2ccccc2)c(OC)c1. The lowest BCUT2D eigenvalue weighted by Crippen LogP contribution is -2.32. The second kappa shape index (κ2) is 8.15. The van der Waals surface area contributed by atoms with Gasteiger partial charge < -0.3 is 14.8 Å². The molecule has 7 heteroatoms. The fourth-order valence-corrected chi connectivity index (χ4v) is 2.64. The van der Waals surface area contributed by atoms with Gasteiger partial charge in [-0.1, -0.05) is 30.3 Å². The van der Waals surface area contributed by atoms with E-state index in [2.05, 4.69) is 15.5 Å². The first kappa shape index (κ1) is 17.5. The van der Waals surface area contributed by atoms with Gasteiger partial charge in [-0.05, 0) is 17.7 Å². The Morgan fingerprint density at radius 1 is 1.08 bits per heavy atom. The molecule has 1 atom stereocenters. The summed E-state index contributed by atoms with van der Waals surface area (Å²) >= 11 is 0. The van der Waals surface area contributed by atoms with Crippen LogP contribution in [0, 0.1) is 0 Å². The topological polar surface area (TPSA) is 78.3 Å². The Hall–Kier alpha value is -3.35. The Kier molecular flexibility index (Phi) is 5.48. The lowest BCUT2D eigenvalue weighted by Gasteiger charge is -2.19. The second-order valence-corrected chi connectivity index (χ2v) is 5.59. The van der Waals surface area contributed by atoms with Gasteiger partial charge in [0.2, 0.25) is 0 Å². The summed E-state index contributed by atoms with van der Waals surface area (Å²) in [5.74, 6) is 0.829. The lowest BCUT2D eigenvalue weighted by molar-refractivity contribution is 0.0927. The first-order chi connectivity index (χ1) is 12.7. The molecule has 0 fully saturated rings. The molecule has 1 aromatic heterocycles. The van der Waals surface area contributed by atoms with Gasteiger partial charge in [0.15, 0.2) is 0 Å². The zero-order chi connectivity index (χ0) is 18.4. The maximum atomic E-state index is 12.9. The van der Waals surface area contributed by atoms with E-state index in [0.717, 1.165) is 5.56 Å². The summed E-state index contributed by atoms with van der Waals surface area (Å²) in [4.78, 5) is 14.4. The number of rotatable bonds is 7. The van der Waals surface area contributed by atoms with E-state index in [9.17, 15) is 4.79 Å². The van der Waals surface area contributed by atoms with Crippen LogP contribution in [-0.2, 0) is 6.54 Å². The van der Waals surface area contributed by atoms with Gasteiger partial charge in [-0.2, -0.15) is 15.0 Å². The van der Waals surface area contributed by atoms with Crippen LogP contribution in [0.2, 0.25) is 0 Å². The molecule has 0 aliphatic heterocycles. The molecule has 0 saturated carbocycles. The number of aromatic nitrogens is 3. The lowest BCUT2D eigenvalue weighted by atomic mass is 10.1. The largest absolute Gasteiger partial charge is 0.497 e. The molecule has 1 amide bonds. The van der Waals surface area contributed by atoms with E-state index in [1.54, 1.807) is 42.5 Å². The molecule has 1 N–H and O–H groups in total. The van der Waals surface area contributed by atoms with E-state index >= 15 is 0 Å². The van der Waals surface area contributed by atoms with Crippen LogP contribution < -0.4 is 14.8 Å². The Bertz CT molecular complexity index is 850. The van der Waals surface area contributed by atoms with Crippen LogP contribution in [0.25, 0.3) is 0 Å². The third kappa shape index (κ3) is 4.00. The molecule has 134 valence electrons. The predicted octanol–water partition coefficient (Wildman–Crippen LogP) is 2.47. The molecular weight excluding hydrogens is 332 g/mol. The molecule has 0 bridgehead atoms. The summed E-state index contributed by atoms with van der Waals surface area (Å²) in [6.45, 7) is 0.418. The van der Waals surface area contributed by atoms with Gasteiger partial charge in [-0.15, -0.1) is 0 Å². The van der Waals surface area contributed by atoms with Gasteiger partial charge >= 0.3 is 0 Å². The number of nitrogens with zero attached hydrogens (tertiary/aromatic N) is 3. The Labute approximate surface area is 151 Å². The number of methoxy groups -OCH3 is 2. The first-order valence-corrected chi connectivity index (χ1v) is 8.13. The Balaban J connectivity index is 1.85. The van der Waals surface area contributed by atoms with E-state index in [1.165, 1.54) is 7.11 Å². The fraction of sp³-hybridized carbons (Fsp3) is 0.211. The normalized spacial score (nSPS) is 11.6. The number of nitrogens with one attached hydrogen (secondary N) is 1. The molecule has 7 nitrogen and oxygen atoms in total. The smallest absolute Gasteiger partial charge is 0.255 e. The number of ether oxygens (including phenoxy) is 2. The van der Waals surface area contributed by atoms with E-state index in [-0.39, 0.29) is 11.9 Å². The number of amides is 1. The highest BCUT2D eigenvalue weighted by Gasteiger charge is 2.20. The molecule has 0 spiro atoms. The summed E-state index contributed by atoms with van der Waals surface area (Å²) in [5.41, 5.74) is 1.40. The van der Waals surface area contributed by atoms with E-state index in [4.69, 9.17) is 9.47 Å². The van der Waals surface area contributed by atoms with Crippen LogP contribution >= 0.6 is 0 Å². The highest BCUT2D eigenvalue weighted by molar-refractivity contribution is 5.97. The summed E-state index contributed by atoms with van der Waals surface area (Å²) in [5, 5.41) is 11.3. The van der Waals surface area contributed by atoms with Crippen molar-refractivity contribution in [2.75, 3.05) is 14.2 Å². The number of carbonyl (C=O) groups is 1. The standard InChI is InChI=1S/C19H20N4O3/c1-25-15-8-9-16(18(12-15)26-2)19(24)22-17(13-23-20-10-11-21-23)14-6-4-3-5-7-14/h3-12,17H,13H2,1-2H3,(H,22,24). The Morgan fingerprint density at radius 2 is 1.81 bits per heavy atom. The minimum Gasteiger partial charge on any atom is -0.497 e. The number of hydrogen-bond acceptors (Lipinski definition) is 5. The van der Waals surface area contributed by atoms with Crippen molar-refractivity contribution in [2.45, 2.75) is 12.6 Å². The van der Waals surface area contributed by atoms with Crippen LogP contribution in [0.3, 0.4) is 0 Å². The summed E-state index contributed by atoms with van der Waals surface area (Å²) in [7, 11) is 3.09. The average molecular weight is 352 g/mol. The van der Waals surface area contributed by atoms with E-state index in [1.807, 2.05) is 30.3 Å². The predicted molar refractivity (Wildman–Crippen MR) is 96.2 cm³/mol. The van der Waals surface area contributed by atoms with Crippen molar-refractivity contribution < 1.29 is 14.3 Å². The number of benzene rings is 2. The number of hydrogen-bond donors (Lipinski definition) is 1. The number of carbonyl (C=O) groups excluding carboxylic acids is 1. The van der Waals surface area contributed by atoms with E-state index in [0.29, 0.717) is 23.6 Å². The summed E-state index contributed by atoms with van der Waals surface area (Å²) in [6, 6.07) is 14.5. The summed E-state index contributed by atoms with van der Waals surface area (Å²) in [6.07, 6.45) is 3.22. The van der Waals surface area contributed by atoms with Gasteiger partial charge in [-0.3, -0.25) is 4.79 Å². The minimum absolute atomic E-state index is 0.245. The molecule has 26 heavy (non-hydrogen) atoms. The van der Waals surface area contributed by atoms with Crippen molar-refractivity contribution in [1.29, 1.82) is 0 Å². The summed E-state index contributed by atoms with van der Waals surface area (Å²) < 4.78 is 10.5. The molecule has 0 aliphatic carbocycles. The molecule has 0 saturated heterocycles. The van der Waals surface area contributed by atoms with Gasteiger partial charge in [0, 0.05) is 6.07 Å². The molecular formula is C19H20N4O3. The molecule has 1 unspecified atom stereocenters. The van der Waals surface area contributed by atoms with Crippen LogP contribution in [0.1, 0.15) is 22.0 Å². The monoisotopic (exact) mass is 352 g/mol. The molecule has 0 aliphatic rings. The van der Waals surface area contributed by atoms with E-state index < -0.39 is 0 Å². The van der Waals surface area contributed by atoms with Crippen molar-refractivity contribution in [1.82, 2.24) is 20.3 Å². The maximum Gasteiger partial charge on any atom is 0.255 e. The van der Waals surface area contributed by atoms with Crippen molar-refractivity contribution in [2.24, 2.45) is 0 Å². The second-order valence-electron chi connectivity index (χ2n) is 5.59. The van der Waals surface area contributed by atoms with Crippen LogP contribution in [0.5, 0.6) is 11.5 Å². The molecule has 3 aromatic rings. The quantitative estimate of drug-likeness (QED) is 0.707. The molecule has 2 aromatic carbocycles. The van der Waals surface area contributed by atoms with Crippen molar-refractivity contribution in [3.8, 4) is 11.5 Å². The van der Waals surface area contributed by atoms with Crippen LogP contribution in [-0.4, -0.2) is 35.1 Å². The Morgan fingerprint density at radius 3 is 2.46 bits per heavy atom. The maximum absolute atomic E-state index is 12.9. The highest BCUT2D eigenvalue weighted by Crippen LogP contribution is 2.25. The minimum atomic E-state index is -0.289. The third-order valence-electron chi connectivity index (χ3n) is 3.97. The zero-order valence-corrected chi connectivity index (χ0v) is 14.6. The van der Waals surface area contributed by atoms with Crippen LogP contribution in [0.15, 0.2) is 60.9 Å². The van der Waals surface area contributed by atoms with Crippen molar-refractivity contribution >= 4 is 5.91 Å². The highest BCUT2D eigenvalue weighted by atomic mass is 16.5. The molecule has 1 heterocycles. The van der Waals surface area contributed by atoms with Gasteiger partial charge in [-0.25, -0.2) is 0 Å². The van der Waals surface area contributed by atoms with Crippen molar-refractivity contribution in [3.05, 3.63) is 72.1 Å².